The summed E-state index contributed by atoms with van der Waals surface area (Å²) < 4.78 is 1.09. The number of amides is 1. The Bertz CT molecular complexity index is 427. The largest absolute Gasteiger partial charge is 0.345 e. The number of nitrogens with one attached hydrogen (secondary N) is 1. The van der Waals surface area contributed by atoms with Crippen molar-refractivity contribution < 1.29 is 4.79 Å². The van der Waals surface area contributed by atoms with Gasteiger partial charge in [0.2, 0.25) is 5.91 Å². The third kappa shape index (κ3) is 4.91. The number of piperidine rings is 1. The van der Waals surface area contributed by atoms with Gasteiger partial charge in [0, 0.05) is 24.5 Å². The van der Waals surface area contributed by atoms with Gasteiger partial charge < -0.3 is 10.2 Å². The summed E-state index contributed by atoms with van der Waals surface area (Å²) in [4.78, 5) is 14.1. The highest BCUT2D eigenvalue weighted by atomic mass is 79.9. The average Bonchev–Trinajstić information content (AvgIpc) is 2.47. The van der Waals surface area contributed by atoms with Gasteiger partial charge in [-0.05, 0) is 56.0 Å². The van der Waals surface area contributed by atoms with Gasteiger partial charge in [0.05, 0.1) is 0 Å². The van der Waals surface area contributed by atoms with Gasteiger partial charge in [0.25, 0.3) is 0 Å². The molecule has 1 amide bonds. The summed E-state index contributed by atoms with van der Waals surface area (Å²) in [5, 5.41) is 3.34. The Morgan fingerprint density at radius 1 is 1.30 bits per heavy atom. The Kier molecular flexibility index (Phi) is 6.05. The molecule has 1 aromatic carbocycles. The van der Waals surface area contributed by atoms with E-state index >= 15 is 0 Å². The minimum atomic E-state index is 0.286. The van der Waals surface area contributed by atoms with Crippen LogP contribution in [-0.4, -0.2) is 37.5 Å². The lowest BCUT2D eigenvalue weighted by atomic mass is 9.94. The standard InChI is InChI=1S/C16H23BrN2O/c1-19(11-8-13-2-4-15(17)5-3-13)16(20)12-14-6-9-18-10-7-14/h2-5,14,18H,6-12H2,1H3. The SMILES string of the molecule is CN(CCc1ccc(Br)cc1)C(=O)CC1CCNCC1. The summed E-state index contributed by atoms with van der Waals surface area (Å²) in [5.74, 6) is 0.855. The molecule has 0 unspecified atom stereocenters. The van der Waals surface area contributed by atoms with Gasteiger partial charge in [0.15, 0.2) is 0 Å². The number of carbonyl (C=O) groups is 1. The highest BCUT2D eigenvalue weighted by Crippen LogP contribution is 2.17. The predicted octanol–water partition coefficient (Wildman–Crippen LogP) is 2.84. The van der Waals surface area contributed by atoms with Crippen molar-refractivity contribution in [3.63, 3.8) is 0 Å². The molecule has 1 heterocycles. The van der Waals surface area contributed by atoms with Gasteiger partial charge in [-0.1, -0.05) is 28.1 Å². The van der Waals surface area contributed by atoms with Crippen molar-refractivity contribution in [2.75, 3.05) is 26.7 Å². The van der Waals surface area contributed by atoms with Crippen molar-refractivity contribution in [3.05, 3.63) is 34.3 Å². The molecule has 0 spiro atoms. The first-order chi connectivity index (χ1) is 9.65. The zero-order valence-corrected chi connectivity index (χ0v) is 13.7. The minimum absolute atomic E-state index is 0.286. The third-order valence-corrected chi connectivity index (χ3v) is 4.53. The molecule has 110 valence electrons. The molecule has 1 aliphatic heterocycles. The van der Waals surface area contributed by atoms with Crippen LogP contribution in [0.25, 0.3) is 0 Å². The van der Waals surface area contributed by atoms with E-state index in [2.05, 4.69) is 33.4 Å². The van der Waals surface area contributed by atoms with Crippen LogP contribution in [0.5, 0.6) is 0 Å². The number of hydrogen-bond donors (Lipinski definition) is 1. The van der Waals surface area contributed by atoms with Crippen LogP contribution in [0.3, 0.4) is 0 Å². The van der Waals surface area contributed by atoms with Gasteiger partial charge in [-0.15, -0.1) is 0 Å². The summed E-state index contributed by atoms with van der Waals surface area (Å²) in [6.07, 6.45) is 3.89. The van der Waals surface area contributed by atoms with Crippen LogP contribution in [-0.2, 0) is 11.2 Å². The van der Waals surface area contributed by atoms with Crippen LogP contribution < -0.4 is 5.32 Å². The molecule has 0 aliphatic carbocycles. The van der Waals surface area contributed by atoms with Gasteiger partial charge in [-0.25, -0.2) is 0 Å². The fourth-order valence-electron chi connectivity index (χ4n) is 2.56. The maximum absolute atomic E-state index is 12.2. The molecule has 0 radical (unpaired) electrons. The number of hydrogen-bond acceptors (Lipinski definition) is 2. The quantitative estimate of drug-likeness (QED) is 0.895. The first-order valence-corrected chi connectivity index (χ1v) is 8.13. The molecule has 1 aliphatic rings. The van der Waals surface area contributed by atoms with Crippen LogP contribution >= 0.6 is 15.9 Å². The predicted molar refractivity (Wildman–Crippen MR) is 85.7 cm³/mol. The molecule has 4 heteroatoms. The molecule has 20 heavy (non-hydrogen) atoms. The lowest BCUT2D eigenvalue weighted by Crippen LogP contribution is -2.34. The van der Waals surface area contributed by atoms with E-state index in [0.29, 0.717) is 12.3 Å². The fraction of sp³-hybridized carbons (Fsp3) is 0.562. The molecule has 1 fully saturated rings. The summed E-state index contributed by atoms with van der Waals surface area (Å²) in [6.45, 7) is 2.91. The van der Waals surface area contributed by atoms with Crippen molar-refractivity contribution in [1.29, 1.82) is 0 Å². The van der Waals surface area contributed by atoms with E-state index in [1.54, 1.807) is 0 Å². The molecular weight excluding hydrogens is 316 g/mol. The lowest BCUT2D eigenvalue weighted by Gasteiger charge is -2.25. The van der Waals surface area contributed by atoms with Crippen LogP contribution in [0.2, 0.25) is 0 Å². The second-order valence-electron chi connectivity index (χ2n) is 5.59. The fourth-order valence-corrected chi connectivity index (χ4v) is 2.83. The van der Waals surface area contributed by atoms with Gasteiger partial charge in [-0.2, -0.15) is 0 Å². The maximum Gasteiger partial charge on any atom is 0.222 e. The molecule has 1 saturated heterocycles. The van der Waals surface area contributed by atoms with Gasteiger partial charge >= 0.3 is 0 Å². The zero-order chi connectivity index (χ0) is 14.4. The van der Waals surface area contributed by atoms with Crippen molar-refractivity contribution in [3.8, 4) is 0 Å². The Morgan fingerprint density at radius 3 is 2.60 bits per heavy atom. The van der Waals surface area contributed by atoms with E-state index in [-0.39, 0.29) is 5.91 Å². The van der Waals surface area contributed by atoms with Crippen molar-refractivity contribution >= 4 is 21.8 Å². The van der Waals surface area contributed by atoms with E-state index in [9.17, 15) is 4.79 Å². The Morgan fingerprint density at radius 2 is 1.95 bits per heavy atom. The average molecular weight is 339 g/mol. The maximum atomic E-state index is 12.2. The van der Waals surface area contributed by atoms with E-state index in [0.717, 1.165) is 43.4 Å². The van der Waals surface area contributed by atoms with Crippen molar-refractivity contribution in [1.82, 2.24) is 10.2 Å². The number of halogens is 1. The molecule has 0 bridgehead atoms. The molecule has 0 saturated carbocycles. The second kappa shape index (κ2) is 7.79. The monoisotopic (exact) mass is 338 g/mol. The third-order valence-electron chi connectivity index (χ3n) is 4.00. The topological polar surface area (TPSA) is 32.3 Å². The van der Waals surface area contributed by atoms with Gasteiger partial charge in [0.1, 0.15) is 0 Å². The van der Waals surface area contributed by atoms with Crippen LogP contribution in [0.4, 0.5) is 0 Å². The first kappa shape index (κ1) is 15.5. The van der Waals surface area contributed by atoms with Gasteiger partial charge in [-0.3, -0.25) is 4.79 Å². The number of likely N-dealkylation sites (N-methyl/N-ethyl adjacent to an activating group) is 1. The molecule has 2 rings (SSSR count). The van der Waals surface area contributed by atoms with Crippen LogP contribution in [0.1, 0.15) is 24.8 Å². The Hall–Kier alpha value is -0.870. The first-order valence-electron chi connectivity index (χ1n) is 7.34. The molecule has 1 N–H and O–H groups in total. The molecule has 0 aromatic heterocycles. The summed E-state index contributed by atoms with van der Waals surface area (Å²) in [7, 11) is 1.92. The normalized spacial score (nSPS) is 16.1. The van der Waals surface area contributed by atoms with E-state index in [1.807, 2.05) is 24.1 Å². The van der Waals surface area contributed by atoms with E-state index < -0.39 is 0 Å². The smallest absolute Gasteiger partial charge is 0.222 e. The summed E-state index contributed by atoms with van der Waals surface area (Å²) in [5.41, 5.74) is 1.27. The highest BCUT2D eigenvalue weighted by Gasteiger charge is 2.18. The molecular formula is C16H23BrN2O. The zero-order valence-electron chi connectivity index (χ0n) is 12.1. The van der Waals surface area contributed by atoms with E-state index in [4.69, 9.17) is 0 Å². The Balaban J connectivity index is 1.74. The summed E-state index contributed by atoms with van der Waals surface area (Å²) >= 11 is 3.43. The molecule has 3 nitrogen and oxygen atoms in total. The van der Waals surface area contributed by atoms with Crippen LogP contribution in [0, 0.1) is 5.92 Å². The number of rotatable bonds is 5. The van der Waals surface area contributed by atoms with Crippen molar-refractivity contribution in [2.24, 2.45) is 5.92 Å². The number of nitrogens with zero attached hydrogens (tertiary/aromatic N) is 1. The number of carbonyl (C=O) groups excluding carboxylic acids is 1. The molecule has 1 aromatic rings. The van der Waals surface area contributed by atoms with Crippen molar-refractivity contribution in [2.45, 2.75) is 25.7 Å². The van der Waals surface area contributed by atoms with Crippen LogP contribution in [0.15, 0.2) is 28.7 Å². The second-order valence-corrected chi connectivity index (χ2v) is 6.50. The lowest BCUT2D eigenvalue weighted by molar-refractivity contribution is -0.131. The van der Waals surface area contributed by atoms with E-state index in [1.165, 1.54) is 5.56 Å². The minimum Gasteiger partial charge on any atom is -0.345 e. The highest BCUT2D eigenvalue weighted by molar-refractivity contribution is 9.10. The Labute approximate surface area is 129 Å². The molecule has 0 atom stereocenters. The summed E-state index contributed by atoms with van der Waals surface area (Å²) in [6, 6.07) is 8.31. The number of benzene rings is 1.